The average Bonchev–Trinajstić information content (AvgIpc) is 2.15. The Kier molecular flexibility index (Phi) is 4.61. The van der Waals surface area contributed by atoms with Crippen molar-refractivity contribution in [3.8, 4) is 0 Å². The van der Waals surface area contributed by atoms with Crippen LogP contribution < -0.4 is 0 Å². The number of alkyl halides is 2. The molecule has 3 heteroatoms. The van der Waals surface area contributed by atoms with Crippen LogP contribution in [0, 0.1) is 0 Å². The lowest BCUT2D eigenvalue weighted by molar-refractivity contribution is 0.566. The zero-order valence-corrected chi connectivity index (χ0v) is 13.1. The molecule has 0 aliphatic heterocycles. The molecule has 0 amide bonds. The van der Waals surface area contributed by atoms with Crippen molar-refractivity contribution in [1.29, 1.82) is 0 Å². The molecule has 0 radical (unpaired) electrons. The second kappa shape index (κ2) is 5.09. The number of hydrogen-bond donors (Lipinski definition) is 0. The second-order valence-corrected chi connectivity index (χ2v) is 5.85. The Balaban J connectivity index is 3.14. The van der Waals surface area contributed by atoms with Gasteiger partial charge < -0.3 is 0 Å². The molecule has 0 spiro atoms. The summed E-state index contributed by atoms with van der Waals surface area (Å²) in [5.74, 6) is 0. The van der Waals surface area contributed by atoms with Crippen molar-refractivity contribution in [2.24, 2.45) is 0 Å². The van der Waals surface area contributed by atoms with Crippen molar-refractivity contribution in [2.45, 2.75) is 35.0 Å². The third-order valence-corrected chi connectivity index (χ3v) is 3.65. The Bertz CT molecular complexity index is 316. The van der Waals surface area contributed by atoms with E-state index in [9.17, 15) is 0 Å². The van der Waals surface area contributed by atoms with Crippen LogP contribution in [-0.2, 0) is 14.3 Å². The van der Waals surface area contributed by atoms with Gasteiger partial charge in [-0.15, -0.1) is 0 Å². The topological polar surface area (TPSA) is 12.9 Å². The van der Waals surface area contributed by atoms with Gasteiger partial charge in [-0.05, 0) is 11.6 Å². The fourth-order valence-corrected chi connectivity index (χ4v) is 2.54. The zero-order chi connectivity index (χ0) is 10.8. The van der Waals surface area contributed by atoms with E-state index >= 15 is 0 Å². The number of hydrogen-bond acceptors (Lipinski definition) is 1. The standard InChI is InChI=1S/C11H15I2N/c1-11(2,3)10-5-4-8(6-12)9(7-13)14-10/h4-5H,6-7H2,1-3H3. The van der Waals surface area contributed by atoms with Gasteiger partial charge in [0.2, 0.25) is 0 Å². The molecule has 14 heavy (non-hydrogen) atoms. The highest BCUT2D eigenvalue weighted by atomic mass is 127. The van der Waals surface area contributed by atoms with E-state index < -0.39 is 0 Å². The van der Waals surface area contributed by atoms with Crippen molar-refractivity contribution in [3.05, 3.63) is 29.1 Å². The van der Waals surface area contributed by atoms with Crippen LogP contribution >= 0.6 is 45.2 Å². The summed E-state index contributed by atoms with van der Waals surface area (Å²) >= 11 is 4.77. The summed E-state index contributed by atoms with van der Waals surface area (Å²) in [6.45, 7) is 6.61. The minimum absolute atomic E-state index is 0.157. The zero-order valence-electron chi connectivity index (χ0n) is 8.77. The van der Waals surface area contributed by atoms with Gasteiger partial charge in [0, 0.05) is 20.0 Å². The molecule has 0 bridgehead atoms. The fourth-order valence-electron chi connectivity index (χ4n) is 1.19. The molecule has 0 fully saturated rings. The molecule has 0 saturated carbocycles. The quantitative estimate of drug-likeness (QED) is 0.520. The maximum atomic E-state index is 4.72. The first kappa shape index (κ1) is 12.7. The number of halogens is 2. The smallest absolute Gasteiger partial charge is 0.0544 e. The Morgan fingerprint density at radius 2 is 1.79 bits per heavy atom. The summed E-state index contributed by atoms with van der Waals surface area (Å²) in [4.78, 5) is 4.72. The van der Waals surface area contributed by atoms with Crippen molar-refractivity contribution in [1.82, 2.24) is 4.98 Å². The van der Waals surface area contributed by atoms with Gasteiger partial charge in [-0.1, -0.05) is 72.0 Å². The monoisotopic (exact) mass is 415 g/mol. The Labute approximate surface area is 113 Å². The van der Waals surface area contributed by atoms with E-state index in [0.717, 1.165) is 8.86 Å². The lowest BCUT2D eigenvalue weighted by Crippen LogP contribution is -2.14. The normalized spacial score (nSPS) is 11.8. The van der Waals surface area contributed by atoms with Crippen molar-refractivity contribution in [3.63, 3.8) is 0 Å². The van der Waals surface area contributed by atoms with Gasteiger partial charge in [-0.2, -0.15) is 0 Å². The molecule has 78 valence electrons. The van der Waals surface area contributed by atoms with E-state index in [0.29, 0.717) is 0 Å². The predicted octanol–water partition coefficient (Wildman–Crippen LogP) is 4.25. The van der Waals surface area contributed by atoms with E-state index in [1.165, 1.54) is 17.0 Å². The molecule has 0 aliphatic rings. The third-order valence-electron chi connectivity index (χ3n) is 2.11. The number of nitrogens with zero attached hydrogens (tertiary/aromatic N) is 1. The Hall–Kier alpha value is 0.610. The molecule has 0 unspecified atom stereocenters. The molecule has 1 aromatic rings. The van der Waals surface area contributed by atoms with Gasteiger partial charge >= 0.3 is 0 Å². The predicted molar refractivity (Wildman–Crippen MR) is 78.4 cm³/mol. The van der Waals surface area contributed by atoms with Crippen LogP contribution in [0.25, 0.3) is 0 Å². The van der Waals surface area contributed by atoms with Crippen LogP contribution in [0.4, 0.5) is 0 Å². The number of pyridine rings is 1. The van der Waals surface area contributed by atoms with Gasteiger partial charge in [-0.3, -0.25) is 4.98 Å². The van der Waals surface area contributed by atoms with Crippen LogP contribution in [0.2, 0.25) is 0 Å². The first-order chi connectivity index (χ1) is 6.49. The van der Waals surface area contributed by atoms with Crippen LogP contribution in [0.15, 0.2) is 12.1 Å². The molecule has 0 saturated heterocycles. The first-order valence-corrected chi connectivity index (χ1v) is 7.65. The summed E-state index contributed by atoms with van der Waals surface area (Å²) in [5.41, 5.74) is 3.96. The fraction of sp³-hybridized carbons (Fsp3) is 0.545. The van der Waals surface area contributed by atoms with Crippen LogP contribution in [0.3, 0.4) is 0 Å². The van der Waals surface area contributed by atoms with E-state index in [-0.39, 0.29) is 5.41 Å². The molecule has 0 aromatic carbocycles. The molecule has 0 aliphatic carbocycles. The van der Waals surface area contributed by atoms with Crippen LogP contribution in [0.5, 0.6) is 0 Å². The molecule has 1 rings (SSSR count). The maximum absolute atomic E-state index is 4.72. The van der Waals surface area contributed by atoms with Crippen LogP contribution in [0.1, 0.15) is 37.7 Å². The van der Waals surface area contributed by atoms with E-state index in [1.807, 2.05) is 0 Å². The average molecular weight is 415 g/mol. The summed E-state index contributed by atoms with van der Waals surface area (Å²) in [6.07, 6.45) is 0. The highest BCUT2D eigenvalue weighted by Crippen LogP contribution is 2.23. The molecule has 1 heterocycles. The molecule has 0 atom stereocenters. The van der Waals surface area contributed by atoms with Crippen LogP contribution in [-0.4, -0.2) is 4.98 Å². The molecular formula is C11H15I2N. The highest BCUT2D eigenvalue weighted by Gasteiger charge is 2.16. The van der Waals surface area contributed by atoms with Gasteiger partial charge in [0.1, 0.15) is 0 Å². The molecule has 1 nitrogen and oxygen atoms in total. The summed E-state index contributed by atoms with van der Waals surface area (Å²) in [5, 5.41) is 0. The summed E-state index contributed by atoms with van der Waals surface area (Å²) in [6, 6.07) is 4.37. The molecule has 1 aromatic heterocycles. The van der Waals surface area contributed by atoms with E-state index in [2.05, 4.69) is 78.1 Å². The summed E-state index contributed by atoms with van der Waals surface area (Å²) in [7, 11) is 0. The Morgan fingerprint density at radius 3 is 2.21 bits per heavy atom. The second-order valence-electron chi connectivity index (χ2n) is 4.32. The molecule has 0 N–H and O–H groups in total. The third kappa shape index (κ3) is 3.05. The number of aromatic nitrogens is 1. The highest BCUT2D eigenvalue weighted by molar-refractivity contribution is 14.1. The van der Waals surface area contributed by atoms with E-state index in [4.69, 9.17) is 4.98 Å². The lowest BCUT2D eigenvalue weighted by atomic mass is 9.91. The van der Waals surface area contributed by atoms with Crippen molar-refractivity contribution in [2.75, 3.05) is 0 Å². The first-order valence-electron chi connectivity index (χ1n) is 4.60. The SMILES string of the molecule is CC(C)(C)c1ccc(CI)c(CI)n1. The summed E-state index contributed by atoms with van der Waals surface area (Å²) < 4.78 is 2.05. The largest absolute Gasteiger partial charge is 0.256 e. The van der Waals surface area contributed by atoms with E-state index in [1.54, 1.807) is 0 Å². The minimum Gasteiger partial charge on any atom is -0.256 e. The van der Waals surface area contributed by atoms with Crippen molar-refractivity contribution >= 4 is 45.2 Å². The lowest BCUT2D eigenvalue weighted by Gasteiger charge is -2.19. The maximum Gasteiger partial charge on any atom is 0.0544 e. The van der Waals surface area contributed by atoms with Gasteiger partial charge in [0.05, 0.1) is 5.69 Å². The Morgan fingerprint density at radius 1 is 1.14 bits per heavy atom. The van der Waals surface area contributed by atoms with Gasteiger partial charge in [-0.25, -0.2) is 0 Å². The van der Waals surface area contributed by atoms with Gasteiger partial charge in [0.25, 0.3) is 0 Å². The molecular weight excluding hydrogens is 400 g/mol. The van der Waals surface area contributed by atoms with Gasteiger partial charge in [0.15, 0.2) is 0 Å². The minimum atomic E-state index is 0.157. The number of rotatable bonds is 2. The van der Waals surface area contributed by atoms with Crippen molar-refractivity contribution < 1.29 is 0 Å².